The molecule has 0 aromatic carbocycles. The van der Waals surface area contributed by atoms with Crippen LogP contribution in [-0.4, -0.2) is 18.2 Å². The van der Waals surface area contributed by atoms with Crippen molar-refractivity contribution in [1.82, 2.24) is 0 Å². The van der Waals surface area contributed by atoms with Crippen molar-refractivity contribution in [3.05, 3.63) is 0 Å². The highest BCUT2D eigenvalue weighted by molar-refractivity contribution is 5.73. The van der Waals surface area contributed by atoms with Gasteiger partial charge in [-0.1, -0.05) is 13.3 Å². The first-order valence-electron chi connectivity index (χ1n) is 5.19. The highest BCUT2D eigenvalue weighted by atomic mass is 16.5. The number of ether oxygens (including phenoxy) is 1. The van der Waals surface area contributed by atoms with E-state index in [0.29, 0.717) is 6.02 Å². The van der Waals surface area contributed by atoms with Gasteiger partial charge in [0.05, 0.1) is 6.54 Å². The lowest BCUT2D eigenvalue weighted by Crippen LogP contribution is -2.34. The minimum absolute atomic E-state index is 0.0190. The average Bonchev–Trinajstić information content (AvgIpc) is 2.35. The van der Waals surface area contributed by atoms with Crippen LogP contribution in [0.25, 0.3) is 0 Å². The Morgan fingerprint density at radius 3 is 3.00 bits per heavy atom. The van der Waals surface area contributed by atoms with E-state index >= 15 is 0 Å². The molecule has 2 unspecified atom stereocenters. The number of hydrogen-bond acceptors (Lipinski definition) is 3. The highest BCUT2D eigenvalue weighted by Crippen LogP contribution is 2.35. The van der Waals surface area contributed by atoms with Gasteiger partial charge in [0.25, 0.3) is 6.02 Å². The van der Waals surface area contributed by atoms with E-state index in [4.69, 9.17) is 10.5 Å². The Balaban J connectivity index is 2.00. The molecule has 0 bridgehead atoms. The Hall–Kier alpha value is -0.730. The number of hydrogen-bond donors (Lipinski definition) is 1. The van der Waals surface area contributed by atoms with Crippen molar-refractivity contribution in [1.29, 1.82) is 0 Å². The molecule has 2 rings (SSSR count). The molecule has 0 radical (unpaired) electrons. The molecule has 0 amide bonds. The summed E-state index contributed by atoms with van der Waals surface area (Å²) in [5, 5.41) is 0. The van der Waals surface area contributed by atoms with Gasteiger partial charge in [0, 0.05) is 0 Å². The molecule has 13 heavy (non-hydrogen) atoms. The standard InChI is InChI=1S/C10H18N2O/c1-8-3-2-5-10(6-4-8)7-12-9(11)13-10/h8H,2-7H2,1H3,(H2,11,12). The summed E-state index contributed by atoms with van der Waals surface area (Å²) in [7, 11) is 0. The van der Waals surface area contributed by atoms with Crippen LogP contribution < -0.4 is 5.73 Å². The maximum absolute atomic E-state index is 5.65. The van der Waals surface area contributed by atoms with Gasteiger partial charge in [0.1, 0.15) is 5.60 Å². The first-order chi connectivity index (χ1) is 6.20. The van der Waals surface area contributed by atoms with E-state index in [2.05, 4.69) is 11.9 Å². The monoisotopic (exact) mass is 182 g/mol. The fraction of sp³-hybridized carbons (Fsp3) is 0.900. The minimum atomic E-state index is -0.0190. The van der Waals surface area contributed by atoms with Gasteiger partial charge in [-0.3, -0.25) is 0 Å². The summed E-state index contributed by atoms with van der Waals surface area (Å²) >= 11 is 0. The molecule has 1 fully saturated rings. The van der Waals surface area contributed by atoms with Crippen LogP contribution in [0.5, 0.6) is 0 Å². The van der Waals surface area contributed by atoms with Gasteiger partial charge in [-0.15, -0.1) is 0 Å². The summed E-state index contributed by atoms with van der Waals surface area (Å²) < 4.78 is 5.65. The van der Waals surface area contributed by atoms with Crippen LogP contribution in [0.3, 0.4) is 0 Å². The van der Waals surface area contributed by atoms with Gasteiger partial charge in [-0.2, -0.15) is 0 Å². The molecule has 2 aliphatic rings. The number of amidine groups is 1. The van der Waals surface area contributed by atoms with Gasteiger partial charge in [-0.25, -0.2) is 4.99 Å². The Bertz CT molecular complexity index is 227. The van der Waals surface area contributed by atoms with E-state index in [0.717, 1.165) is 25.3 Å². The van der Waals surface area contributed by atoms with Crippen molar-refractivity contribution < 1.29 is 4.74 Å². The maximum atomic E-state index is 5.65. The van der Waals surface area contributed by atoms with Crippen molar-refractivity contribution in [2.75, 3.05) is 6.54 Å². The molecular weight excluding hydrogens is 164 g/mol. The second-order valence-electron chi connectivity index (χ2n) is 4.48. The quantitative estimate of drug-likeness (QED) is 0.619. The molecule has 1 aliphatic carbocycles. The Labute approximate surface area is 79.4 Å². The van der Waals surface area contributed by atoms with Gasteiger partial charge < -0.3 is 10.5 Å². The third-order valence-electron chi connectivity index (χ3n) is 3.27. The van der Waals surface area contributed by atoms with Crippen LogP contribution in [0.2, 0.25) is 0 Å². The lowest BCUT2D eigenvalue weighted by atomic mass is 9.94. The predicted molar refractivity (Wildman–Crippen MR) is 52.6 cm³/mol. The van der Waals surface area contributed by atoms with Gasteiger partial charge in [0.15, 0.2) is 0 Å². The first-order valence-corrected chi connectivity index (χ1v) is 5.19. The zero-order valence-electron chi connectivity index (χ0n) is 8.25. The molecule has 2 N–H and O–H groups in total. The van der Waals surface area contributed by atoms with Crippen LogP contribution >= 0.6 is 0 Å². The molecule has 1 saturated carbocycles. The minimum Gasteiger partial charge on any atom is -0.457 e. The Morgan fingerprint density at radius 1 is 1.46 bits per heavy atom. The summed E-state index contributed by atoms with van der Waals surface area (Å²) in [6, 6.07) is 0.398. The van der Waals surface area contributed by atoms with E-state index in [1.165, 1.54) is 19.3 Å². The SMILES string of the molecule is CC1CCCC2(CC1)CN=C(N)O2. The fourth-order valence-corrected chi connectivity index (χ4v) is 2.32. The molecule has 0 aromatic heterocycles. The van der Waals surface area contributed by atoms with E-state index in [1.54, 1.807) is 0 Å². The number of nitrogens with two attached hydrogens (primary N) is 1. The van der Waals surface area contributed by atoms with Gasteiger partial charge in [-0.05, 0) is 31.6 Å². The first kappa shape index (κ1) is 8.85. The number of aliphatic imine (C=N–C) groups is 1. The van der Waals surface area contributed by atoms with Crippen molar-refractivity contribution in [3.63, 3.8) is 0 Å². The van der Waals surface area contributed by atoms with E-state index < -0.39 is 0 Å². The summed E-state index contributed by atoms with van der Waals surface area (Å²) in [5.74, 6) is 0.838. The molecule has 0 aromatic rings. The lowest BCUT2D eigenvalue weighted by Gasteiger charge is -2.25. The van der Waals surface area contributed by atoms with E-state index in [1.807, 2.05) is 0 Å². The van der Waals surface area contributed by atoms with Crippen LogP contribution in [0.15, 0.2) is 4.99 Å². The zero-order valence-corrected chi connectivity index (χ0v) is 8.25. The third-order valence-corrected chi connectivity index (χ3v) is 3.27. The number of rotatable bonds is 0. The Morgan fingerprint density at radius 2 is 2.31 bits per heavy atom. The largest absolute Gasteiger partial charge is 0.457 e. The summed E-state index contributed by atoms with van der Waals surface area (Å²) in [6.07, 6.45) is 6.08. The second-order valence-corrected chi connectivity index (χ2v) is 4.48. The molecule has 2 atom stereocenters. The van der Waals surface area contributed by atoms with Crippen molar-refractivity contribution in [2.24, 2.45) is 16.6 Å². The smallest absolute Gasteiger partial charge is 0.282 e. The summed E-state index contributed by atoms with van der Waals surface area (Å²) in [5.41, 5.74) is 5.53. The van der Waals surface area contributed by atoms with Gasteiger partial charge >= 0.3 is 0 Å². The van der Waals surface area contributed by atoms with Crippen molar-refractivity contribution in [2.45, 2.75) is 44.6 Å². The third kappa shape index (κ3) is 1.79. The predicted octanol–water partition coefficient (Wildman–Crippen LogP) is 1.67. The normalized spacial score (nSPS) is 39.8. The molecule has 1 spiro atoms. The van der Waals surface area contributed by atoms with Crippen LogP contribution in [0.4, 0.5) is 0 Å². The molecule has 3 heteroatoms. The lowest BCUT2D eigenvalue weighted by molar-refractivity contribution is 0.0679. The average molecular weight is 182 g/mol. The Kier molecular flexibility index (Phi) is 2.18. The number of nitrogens with zero attached hydrogens (tertiary/aromatic N) is 1. The van der Waals surface area contributed by atoms with E-state index in [-0.39, 0.29) is 5.60 Å². The molecule has 0 saturated heterocycles. The fourth-order valence-electron chi connectivity index (χ4n) is 2.32. The van der Waals surface area contributed by atoms with Gasteiger partial charge in [0.2, 0.25) is 0 Å². The van der Waals surface area contributed by atoms with Crippen LogP contribution in [0, 0.1) is 5.92 Å². The highest BCUT2D eigenvalue weighted by Gasteiger charge is 2.38. The van der Waals surface area contributed by atoms with Crippen molar-refractivity contribution in [3.8, 4) is 0 Å². The molecule has 1 heterocycles. The molecule has 74 valence electrons. The second kappa shape index (κ2) is 3.20. The summed E-state index contributed by atoms with van der Waals surface area (Å²) in [4.78, 5) is 4.15. The van der Waals surface area contributed by atoms with Crippen LogP contribution in [0.1, 0.15) is 39.0 Å². The molecule has 1 aliphatic heterocycles. The maximum Gasteiger partial charge on any atom is 0.282 e. The molecular formula is C10H18N2O. The molecule has 3 nitrogen and oxygen atoms in total. The van der Waals surface area contributed by atoms with Crippen molar-refractivity contribution >= 4 is 6.02 Å². The van der Waals surface area contributed by atoms with Crippen LogP contribution in [-0.2, 0) is 4.74 Å². The summed E-state index contributed by atoms with van der Waals surface area (Å²) in [6.45, 7) is 3.10. The zero-order chi connectivity index (χ0) is 9.31. The topological polar surface area (TPSA) is 47.6 Å². The van der Waals surface area contributed by atoms with E-state index in [9.17, 15) is 0 Å².